The summed E-state index contributed by atoms with van der Waals surface area (Å²) in [6, 6.07) is -0.359. The lowest BCUT2D eigenvalue weighted by molar-refractivity contribution is -0.123. The molecule has 76 valence electrons. The van der Waals surface area contributed by atoms with E-state index >= 15 is 0 Å². The zero-order chi connectivity index (χ0) is 10.1. The standard InChI is InChI=1S/C10H20N2O/c1-7(2)8(11)9(13)12-6-10(3)4-5-10/h7-8H,4-6,11H2,1-3H3,(H,12,13). The van der Waals surface area contributed by atoms with Gasteiger partial charge in [-0.05, 0) is 24.2 Å². The van der Waals surface area contributed by atoms with E-state index < -0.39 is 0 Å². The van der Waals surface area contributed by atoms with E-state index in [1.165, 1.54) is 12.8 Å². The molecule has 0 saturated heterocycles. The monoisotopic (exact) mass is 184 g/mol. The number of nitrogens with two attached hydrogens (primary N) is 1. The van der Waals surface area contributed by atoms with Crippen molar-refractivity contribution in [1.82, 2.24) is 5.32 Å². The third-order valence-electron chi connectivity index (χ3n) is 2.81. The number of hydrogen-bond donors (Lipinski definition) is 2. The fourth-order valence-corrected chi connectivity index (χ4v) is 1.11. The lowest BCUT2D eigenvalue weighted by Gasteiger charge is -2.17. The molecule has 0 aromatic carbocycles. The second kappa shape index (κ2) is 3.66. The number of hydrogen-bond acceptors (Lipinski definition) is 2. The highest BCUT2D eigenvalue weighted by Crippen LogP contribution is 2.43. The van der Waals surface area contributed by atoms with Crippen LogP contribution in [0.5, 0.6) is 0 Å². The molecule has 1 aliphatic rings. The molecule has 3 nitrogen and oxygen atoms in total. The van der Waals surface area contributed by atoms with Crippen LogP contribution in [0.25, 0.3) is 0 Å². The fraction of sp³-hybridized carbons (Fsp3) is 0.900. The molecule has 0 aromatic heterocycles. The molecule has 0 heterocycles. The van der Waals surface area contributed by atoms with Gasteiger partial charge in [0.1, 0.15) is 0 Å². The highest BCUT2D eigenvalue weighted by Gasteiger charge is 2.37. The smallest absolute Gasteiger partial charge is 0.237 e. The van der Waals surface area contributed by atoms with E-state index in [9.17, 15) is 4.79 Å². The normalized spacial score (nSPS) is 21.3. The van der Waals surface area contributed by atoms with Crippen LogP contribution in [-0.4, -0.2) is 18.5 Å². The Balaban J connectivity index is 2.24. The van der Waals surface area contributed by atoms with E-state index in [0.717, 1.165) is 6.54 Å². The van der Waals surface area contributed by atoms with E-state index in [-0.39, 0.29) is 17.9 Å². The molecule has 1 fully saturated rings. The second-order valence-corrected chi connectivity index (χ2v) is 4.80. The topological polar surface area (TPSA) is 55.1 Å². The molecular formula is C10H20N2O. The van der Waals surface area contributed by atoms with Crippen molar-refractivity contribution in [1.29, 1.82) is 0 Å². The number of carbonyl (C=O) groups excluding carboxylic acids is 1. The molecule has 1 rings (SSSR count). The first-order chi connectivity index (χ1) is 5.94. The zero-order valence-electron chi connectivity index (χ0n) is 8.76. The van der Waals surface area contributed by atoms with Crippen molar-refractivity contribution >= 4 is 5.91 Å². The van der Waals surface area contributed by atoms with E-state index in [1.807, 2.05) is 13.8 Å². The molecule has 1 saturated carbocycles. The largest absolute Gasteiger partial charge is 0.354 e. The first-order valence-electron chi connectivity index (χ1n) is 4.98. The summed E-state index contributed by atoms with van der Waals surface area (Å²) in [5.41, 5.74) is 6.07. The SMILES string of the molecule is CC(C)C(N)C(=O)NCC1(C)CC1. The Morgan fingerprint density at radius 3 is 2.46 bits per heavy atom. The highest BCUT2D eigenvalue weighted by atomic mass is 16.2. The van der Waals surface area contributed by atoms with Crippen LogP contribution in [0.2, 0.25) is 0 Å². The average Bonchev–Trinajstić information content (AvgIpc) is 2.79. The van der Waals surface area contributed by atoms with Crippen LogP contribution in [0.1, 0.15) is 33.6 Å². The van der Waals surface area contributed by atoms with Crippen LogP contribution in [0, 0.1) is 11.3 Å². The molecule has 0 spiro atoms. The molecule has 1 amide bonds. The van der Waals surface area contributed by atoms with Crippen molar-refractivity contribution < 1.29 is 4.79 Å². The molecule has 13 heavy (non-hydrogen) atoms. The Hall–Kier alpha value is -0.570. The van der Waals surface area contributed by atoms with Gasteiger partial charge in [-0.15, -0.1) is 0 Å². The Bertz CT molecular complexity index is 197. The van der Waals surface area contributed by atoms with Gasteiger partial charge in [-0.3, -0.25) is 4.79 Å². The van der Waals surface area contributed by atoms with Gasteiger partial charge in [0.2, 0.25) is 5.91 Å². The minimum Gasteiger partial charge on any atom is -0.354 e. The Kier molecular flexibility index (Phi) is 2.96. The average molecular weight is 184 g/mol. The first-order valence-corrected chi connectivity index (χ1v) is 4.98. The van der Waals surface area contributed by atoms with Crippen LogP contribution in [-0.2, 0) is 4.79 Å². The summed E-state index contributed by atoms with van der Waals surface area (Å²) in [5.74, 6) is 0.204. The maximum absolute atomic E-state index is 11.4. The summed E-state index contributed by atoms with van der Waals surface area (Å²) in [4.78, 5) is 11.4. The van der Waals surface area contributed by atoms with Crippen molar-refractivity contribution in [3.05, 3.63) is 0 Å². The van der Waals surface area contributed by atoms with Gasteiger partial charge in [-0.1, -0.05) is 20.8 Å². The van der Waals surface area contributed by atoms with Crippen molar-refractivity contribution in [3.8, 4) is 0 Å². The highest BCUT2D eigenvalue weighted by molar-refractivity contribution is 5.81. The number of nitrogens with one attached hydrogen (secondary N) is 1. The van der Waals surface area contributed by atoms with Gasteiger partial charge >= 0.3 is 0 Å². The van der Waals surface area contributed by atoms with Crippen LogP contribution in [0.4, 0.5) is 0 Å². The van der Waals surface area contributed by atoms with Crippen molar-refractivity contribution in [2.75, 3.05) is 6.54 Å². The Morgan fingerprint density at radius 2 is 2.08 bits per heavy atom. The molecule has 0 bridgehead atoms. The van der Waals surface area contributed by atoms with E-state index in [2.05, 4.69) is 12.2 Å². The zero-order valence-corrected chi connectivity index (χ0v) is 8.76. The van der Waals surface area contributed by atoms with Gasteiger partial charge in [0, 0.05) is 6.54 Å². The van der Waals surface area contributed by atoms with E-state index in [4.69, 9.17) is 5.73 Å². The molecule has 0 radical (unpaired) electrons. The van der Waals surface area contributed by atoms with Gasteiger partial charge in [-0.25, -0.2) is 0 Å². The third kappa shape index (κ3) is 2.99. The molecule has 1 unspecified atom stereocenters. The molecule has 1 aliphatic carbocycles. The van der Waals surface area contributed by atoms with Gasteiger partial charge in [-0.2, -0.15) is 0 Å². The van der Waals surface area contributed by atoms with Gasteiger partial charge in [0.25, 0.3) is 0 Å². The minimum atomic E-state index is -0.359. The van der Waals surface area contributed by atoms with Crippen LogP contribution in [0.15, 0.2) is 0 Å². The van der Waals surface area contributed by atoms with E-state index in [0.29, 0.717) is 5.41 Å². The molecule has 3 N–H and O–H groups in total. The summed E-state index contributed by atoms with van der Waals surface area (Å²) in [6.07, 6.45) is 2.45. The van der Waals surface area contributed by atoms with Crippen molar-refractivity contribution in [2.24, 2.45) is 17.1 Å². The molecule has 3 heteroatoms. The molecule has 0 aromatic rings. The van der Waals surface area contributed by atoms with Gasteiger partial charge in [0.15, 0.2) is 0 Å². The van der Waals surface area contributed by atoms with Gasteiger partial charge < -0.3 is 11.1 Å². The molecule has 1 atom stereocenters. The third-order valence-corrected chi connectivity index (χ3v) is 2.81. The predicted molar refractivity (Wildman–Crippen MR) is 53.2 cm³/mol. The predicted octanol–water partition coefficient (Wildman–Crippen LogP) is 0.886. The summed E-state index contributed by atoms with van der Waals surface area (Å²) in [7, 11) is 0. The summed E-state index contributed by atoms with van der Waals surface area (Å²) < 4.78 is 0. The number of carbonyl (C=O) groups is 1. The van der Waals surface area contributed by atoms with Crippen LogP contribution >= 0.6 is 0 Å². The minimum absolute atomic E-state index is 0.0110. The summed E-state index contributed by atoms with van der Waals surface area (Å²) in [5, 5.41) is 2.90. The Morgan fingerprint density at radius 1 is 1.54 bits per heavy atom. The molecule has 0 aliphatic heterocycles. The van der Waals surface area contributed by atoms with Crippen LogP contribution in [0.3, 0.4) is 0 Å². The summed E-state index contributed by atoms with van der Waals surface area (Å²) in [6.45, 7) is 6.90. The van der Waals surface area contributed by atoms with Crippen LogP contribution < -0.4 is 11.1 Å². The van der Waals surface area contributed by atoms with Crippen molar-refractivity contribution in [3.63, 3.8) is 0 Å². The van der Waals surface area contributed by atoms with Crippen molar-refractivity contribution in [2.45, 2.75) is 39.7 Å². The first kappa shape index (κ1) is 10.5. The quantitative estimate of drug-likeness (QED) is 0.681. The van der Waals surface area contributed by atoms with Gasteiger partial charge in [0.05, 0.1) is 6.04 Å². The Labute approximate surface area is 80.1 Å². The number of amides is 1. The maximum Gasteiger partial charge on any atom is 0.237 e. The fourth-order valence-electron chi connectivity index (χ4n) is 1.11. The number of rotatable bonds is 4. The van der Waals surface area contributed by atoms with E-state index in [1.54, 1.807) is 0 Å². The summed E-state index contributed by atoms with van der Waals surface area (Å²) >= 11 is 0. The lowest BCUT2D eigenvalue weighted by atomic mass is 10.0. The maximum atomic E-state index is 11.4. The lowest BCUT2D eigenvalue weighted by Crippen LogP contribution is -2.45. The molecular weight excluding hydrogens is 164 g/mol. The second-order valence-electron chi connectivity index (χ2n) is 4.80.